The Hall–Kier alpha value is -3.32. The van der Waals surface area contributed by atoms with E-state index < -0.39 is 5.97 Å². The Bertz CT molecular complexity index is 1180. The first-order chi connectivity index (χ1) is 14.8. The number of anilines is 1. The molecule has 2 atom stereocenters. The largest absolute Gasteiger partial charge is 0.493 e. The highest BCUT2D eigenvalue weighted by molar-refractivity contribution is 5.88. The van der Waals surface area contributed by atoms with E-state index in [2.05, 4.69) is 31.1 Å². The van der Waals surface area contributed by atoms with Gasteiger partial charge in [0.05, 0.1) is 43.0 Å². The van der Waals surface area contributed by atoms with Crippen molar-refractivity contribution in [1.29, 1.82) is 0 Å². The molecule has 0 aliphatic carbocycles. The Morgan fingerprint density at radius 3 is 2.74 bits per heavy atom. The Morgan fingerprint density at radius 1 is 1.26 bits per heavy atom. The van der Waals surface area contributed by atoms with Gasteiger partial charge in [0.25, 0.3) is 0 Å². The van der Waals surface area contributed by atoms with Gasteiger partial charge in [-0.15, -0.1) is 0 Å². The quantitative estimate of drug-likeness (QED) is 0.683. The number of hydrogen-bond acceptors (Lipinski definition) is 5. The fourth-order valence-corrected chi connectivity index (χ4v) is 5.04. The predicted molar refractivity (Wildman–Crippen MR) is 116 cm³/mol. The number of carboxylic acids is 1. The van der Waals surface area contributed by atoms with E-state index >= 15 is 0 Å². The van der Waals surface area contributed by atoms with Crippen LogP contribution in [0.1, 0.15) is 47.1 Å². The van der Waals surface area contributed by atoms with Crippen molar-refractivity contribution in [2.75, 3.05) is 18.8 Å². The topological polar surface area (TPSA) is 76.8 Å². The van der Waals surface area contributed by atoms with Crippen LogP contribution in [0.15, 0.2) is 48.7 Å². The van der Waals surface area contributed by atoms with E-state index in [4.69, 9.17) is 9.57 Å². The van der Waals surface area contributed by atoms with Crippen LogP contribution < -0.4 is 9.80 Å². The molecule has 0 unspecified atom stereocenters. The number of carboxylic acid groups (broad SMARTS) is 1. The lowest BCUT2D eigenvalue weighted by Gasteiger charge is -2.52. The molecular formula is C24H25N3O4. The lowest BCUT2D eigenvalue weighted by atomic mass is 9.65. The molecule has 3 aromatic rings. The number of rotatable bonds is 3. The van der Waals surface area contributed by atoms with Gasteiger partial charge in [0.15, 0.2) is 0 Å². The van der Waals surface area contributed by atoms with Crippen molar-refractivity contribution in [2.24, 2.45) is 5.92 Å². The second-order valence-electron chi connectivity index (χ2n) is 8.69. The average molecular weight is 419 g/mol. The molecule has 2 aliphatic heterocycles. The number of ether oxygens (including phenoxy) is 1. The van der Waals surface area contributed by atoms with Crippen LogP contribution in [0.2, 0.25) is 0 Å². The molecule has 2 aliphatic rings. The number of hydrogen-bond donors (Lipinski definition) is 1. The van der Waals surface area contributed by atoms with Gasteiger partial charge in [-0.25, -0.2) is 14.5 Å². The lowest BCUT2D eigenvalue weighted by Crippen LogP contribution is -2.51. The number of aromatic nitrogens is 2. The summed E-state index contributed by atoms with van der Waals surface area (Å²) in [6.07, 6.45) is 1.39. The molecule has 31 heavy (non-hydrogen) atoms. The van der Waals surface area contributed by atoms with Crippen LogP contribution in [0, 0.1) is 12.8 Å². The van der Waals surface area contributed by atoms with Gasteiger partial charge in [-0.3, -0.25) is 4.84 Å². The normalized spacial score (nSPS) is 21.0. The van der Waals surface area contributed by atoms with Crippen molar-refractivity contribution < 1.29 is 19.5 Å². The van der Waals surface area contributed by atoms with Gasteiger partial charge in [0, 0.05) is 16.9 Å². The van der Waals surface area contributed by atoms with Gasteiger partial charge in [-0.05, 0) is 36.8 Å². The highest BCUT2D eigenvalue weighted by atomic mass is 16.7. The SMILES string of the molecule is CON1c2ccc(-n3ncc(C(=O)O)c3C)cc2C(C)(C)[C@H]2COc3ccccc3[C@H]21. The number of aromatic carboxylic acids is 1. The number of carbonyl (C=O) groups is 1. The molecule has 0 saturated carbocycles. The molecule has 0 fully saturated rings. The van der Waals surface area contributed by atoms with E-state index in [1.165, 1.54) is 6.20 Å². The Morgan fingerprint density at radius 2 is 2.03 bits per heavy atom. The maximum atomic E-state index is 11.5. The minimum absolute atomic E-state index is 0.0355. The molecule has 7 nitrogen and oxygen atoms in total. The van der Waals surface area contributed by atoms with Crippen molar-refractivity contribution in [3.8, 4) is 11.4 Å². The fourth-order valence-electron chi connectivity index (χ4n) is 5.04. The molecule has 0 bridgehead atoms. The smallest absolute Gasteiger partial charge is 0.339 e. The molecule has 3 heterocycles. The number of hydroxylamine groups is 1. The van der Waals surface area contributed by atoms with E-state index in [1.807, 2.05) is 35.4 Å². The number of nitrogens with zero attached hydrogens (tertiary/aromatic N) is 3. The zero-order valence-corrected chi connectivity index (χ0v) is 18.0. The molecular weight excluding hydrogens is 394 g/mol. The van der Waals surface area contributed by atoms with Gasteiger partial charge in [-0.2, -0.15) is 5.10 Å². The Balaban J connectivity index is 1.67. The number of fused-ring (bicyclic) bond motifs is 4. The van der Waals surface area contributed by atoms with Gasteiger partial charge < -0.3 is 9.84 Å². The molecule has 1 aromatic heterocycles. The molecule has 7 heteroatoms. The molecule has 0 spiro atoms. The second kappa shape index (κ2) is 6.85. The summed E-state index contributed by atoms with van der Waals surface area (Å²) >= 11 is 0. The molecule has 5 rings (SSSR count). The molecule has 160 valence electrons. The Labute approximate surface area is 180 Å². The van der Waals surface area contributed by atoms with Crippen LogP contribution in [0.4, 0.5) is 5.69 Å². The van der Waals surface area contributed by atoms with Crippen LogP contribution in [0.3, 0.4) is 0 Å². The highest BCUT2D eigenvalue weighted by Gasteiger charge is 2.50. The van der Waals surface area contributed by atoms with Crippen LogP contribution >= 0.6 is 0 Å². The molecule has 2 aromatic carbocycles. The van der Waals surface area contributed by atoms with E-state index in [0.29, 0.717) is 12.3 Å². The first-order valence-electron chi connectivity index (χ1n) is 10.3. The minimum Gasteiger partial charge on any atom is -0.493 e. The van der Waals surface area contributed by atoms with Gasteiger partial charge >= 0.3 is 5.97 Å². The third-order valence-corrected chi connectivity index (χ3v) is 6.81. The summed E-state index contributed by atoms with van der Waals surface area (Å²) < 4.78 is 7.81. The van der Waals surface area contributed by atoms with E-state index in [0.717, 1.165) is 28.3 Å². The highest BCUT2D eigenvalue weighted by Crippen LogP contribution is 2.55. The number of benzene rings is 2. The molecule has 0 amide bonds. The monoisotopic (exact) mass is 419 g/mol. The van der Waals surface area contributed by atoms with Gasteiger partial charge in [-0.1, -0.05) is 32.0 Å². The summed E-state index contributed by atoms with van der Waals surface area (Å²) in [7, 11) is 1.70. The molecule has 1 N–H and O–H groups in total. The average Bonchev–Trinajstić information content (AvgIpc) is 3.15. The van der Waals surface area contributed by atoms with Crippen molar-refractivity contribution in [2.45, 2.75) is 32.2 Å². The van der Waals surface area contributed by atoms with E-state index in [-0.39, 0.29) is 22.9 Å². The van der Waals surface area contributed by atoms with E-state index in [9.17, 15) is 9.90 Å². The van der Waals surface area contributed by atoms with Crippen molar-refractivity contribution in [3.05, 3.63) is 71.0 Å². The van der Waals surface area contributed by atoms with Crippen molar-refractivity contribution >= 4 is 11.7 Å². The third kappa shape index (κ3) is 2.76. The van der Waals surface area contributed by atoms with Gasteiger partial charge in [0.1, 0.15) is 11.3 Å². The Kier molecular flexibility index (Phi) is 4.34. The molecule has 0 radical (unpaired) electrons. The summed E-state index contributed by atoms with van der Waals surface area (Å²) in [5.41, 5.74) is 4.64. The van der Waals surface area contributed by atoms with Gasteiger partial charge in [0.2, 0.25) is 0 Å². The summed E-state index contributed by atoms with van der Waals surface area (Å²) in [5, 5.41) is 15.7. The maximum Gasteiger partial charge on any atom is 0.339 e. The standard InChI is InChI=1S/C24H25N3O4/c1-14-17(23(28)29)12-25-26(14)15-9-10-20-18(11-15)24(2,3)19-13-31-21-8-6-5-7-16(21)22(19)27(20)30-4/h5-12,19,22H,13H2,1-4H3,(H,28,29)/t19-,22+/m0/s1. The third-order valence-electron chi connectivity index (χ3n) is 6.81. The fraction of sp³-hybridized carbons (Fsp3) is 0.333. The molecule has 0 saturated heterocycles. The van der Waals surface area contributed by atoms with Crippen molar-refractivity contribution in [1.82, 2.24) is 9.78 Å². The van der Waals surface area contributed by atoms with Crippen LogP contribution in [0.5, 0.6) is 5.75 Å². The number of para-hydroxylation sites is 1. The minimum atomic E-state index is -0.978. The first-order valence-corrected chi connectivity index (χ1v) is 10.3. The van der Waals surface area contributed by atoms with Crippen LogP contribution in [0.25, 0.3) is 5.69 Å². The zero-order valence-electron chi connectivity index (χ0n) is 18.0. The van der Waals surface area contributed by atoms with E-state index in [1.54, 1.807) is 18.7 Å². The summed E-state index contributed by atoms with van der Waals surface area (Å²) in [4.78, 5) is 17.4. The summed E-state index contributed by atoms with van der Waals surface area (Å²) in [5.74, 6) is 0.0851. The second-order valence-corrected chi connectivity index (χ2v) is 8.69. The van der Waals surface area contributed by atoms with Crippen molar-refractivity contribution in [3.63, 3.8) is 0 Å². The van der Waals surface area contributed by atoms with Crippen LogP contribution in [-0.4, -0.2) is 34.6 Å². The maximum absolute atomic E-state index is 11.5. The summed E-state index contributed by atoms with van der Waals surface area (Å²) in [6.45, 7) is 6.82. The van der Waals surface area contributed by atoms with Crippen LogP contribution in [-0.2, 0) is 10.3 Å². The predicted octanol–water partition coefficient (Wildman–Crippen LogP) is 4.29. The zero-order chi connectivity index (χ0) is 21.9. The summed E-state index contributed by atoms with van der Waals surface area (Å²) in [6, 6.07) is 14.2. The first kappa shape index (κ1) is 19.6. The lowest BCUT2D eigenvalue weighted by molar-refractivity contribution is 0.0441.